The van der Waals surface area contributed by atoms with Crippen molar-refractivity contribution in [2.75, 3.05) is 0 Å². The number of aliphatic hydroxyl groups is 1. The van der Waals surface area contributed by atoms with E-state index in [0.29, 0.717) is 11.5 Å². The van der Waals surface area contributed by atoms with Crippen molar-refractivity contribution in [1.29, 1.82) is 0 Å². The van der Waals surface area contributed by atoms with Gasteiger partial charge < -0.3 is 10.2 Å². The highest BCUT2D eigenvalue weighted by molar-refractivity contribution is 5.78. The summed E-state index contributed by atoms with van der Waals surface area (Å²) in [5.74, 6) is -0.671. The number of benzene rings is 1. The summed E-state index contributed by atoms with van der Waals surface area (Å²) in [6, 6.07) is 7.08. The average molecular weight is 222 g/mol. The second-order valence-electron chi connectivity index (χ2n) is 4.67. The van der Waals surface area contributed by atoms with Gasteiger partial charge in [-0.15, -0.1) is 0 Å². The van der Waals surface area contributed by atoms with Crippen LogP contribution in [0, 0.1) is 5.92 Å². The quantitative estimate of drug-likeness (QED) is 0.821. The Hall–Kier alpha value is -1.35. The lowest BCUT2D eigenvalue weighted by molar-refractivity contribution is -0.157. The summed E-state index contributed by atoms with van der Waals surface area (Å²) in [4.78, 5) is 10.8. The SMILES string of the molecule is CC(C)Cc1ccc([C@](C)(O)C(=O)O)cc1. The maximum atomic E-state index is 10.8. The van der Waals surface area contributed by atoms with Gasteiger partial charge in [0.05, 0.1) is 0 Å². The third-order valence-corrected chi connectivity index (χ3v) is 2.58. The largest absolute Gasteiger partial charge is 0.479 e. The van der Waals surface area contributed by atoms with Gasteiger partial charge in [0.25, 0.3) is 0 Å². The van der Waals surface area contributed by atoms with Gasteiger partial charge in [0.2, 0.25) is 0 Å². The van der Waals surface area contributed by atoms with Crippen LogP contribution >= 0.6 is 0 Å². The molecule has 88 valence electrons. The van der Waals surface area contributed by atoms with Crippen LogP contribution in [0.2, 0.25) is 0 Å². The van der Waals surface area contributed by atoms with E-state index in [1.165, 1.54) is 6.92 Å². The fourth-order valence-corrected chi connectivity index (χ4v) is 1.56. The molecule has 0 saturated carbocycles. The number of carboxylic acids is 1. The standard InChI is InChI=1S/C13H18O3/c1-9(2)8-10-4-6-11(7-5-10)13(3,16)12(14)15/h4-7,9,16H,8H2,1-3H3,(H,14,15)/t13-/m0/s1. The molecule has 2 N–H and O–H groups in total. The van der Waals surface area contributed by atoms with Crippen LogP contribution in [0.3, 0.4) is 0 Å². The Morgan fingerprint density at radius 2 is 1.81 bits per heavy atom. The minimum Gasteiger partial charge on any atom is -0.479 e. The zero-order chi connectivity index (χ0) is 12.3. The van der Waals surface area contributed by atoms with Crippen molar-refractivity contribution >= 4 is 5.97 Å². The van der Waals surface area contributed by atoms with Crippen LogP contribution in [0.4, 0.5) is 0 Å². The van der Waals surface area contributed by atoms with Gasteiger partial charge in [-0.05, 0) is 30.4 Å². The molecule has 0 aliphatic heterocycles. The van der Waals surface area contributed by atoms with E-state index in [4.69, 9.17) is 5.11 Å². The minimum absolute atomic E-state index is 0.410. The van der Waals surface area contributed by atoms with Crippen molar-refractivity contribution in [3.8, 4) is 0 Å². The molecule has 1 aromatic rings. The molecule has 0 unspecified atom stereocenters. The van der Waals surface area contributed by atoms with Gasteiger partial charge in [0.1, 0.15) is 0 Å². The summed E-state index contributed by atoms with van der Waals surface area (Å²) >= 11 is 0. The third kappa shape index (κ3) is 2.83. The molecule has 16 heavy (non-hydrogen) atoms. The molecule has 0 heterocycles. The van der Waals surface area contributed by atoms with Gasteiger partial charge in [-0.1, -0.05) is 38.1 Å². The molecule has 1 rings (SSSR count). The van der Waals surface area contributed by atoms with E-state index in [1.807, 2.05) is 12.1 Å². The zero-order valence-corrected chi connectivity index (χ0v) is 9.90. The van der Waals surface area contributed by atoms with Crippen molar-refractivity contribution in [2.45, 2.75) is 32.8 Å². The summed E-state index contributed by atoms with van der Waals surface area (Å²) in [6.07, 6.45) is 0.954. The van der Waals surface area contributed by atoms with Gasteiger partial charge in [0, 0.05) is 0 Å². The van der Waals surface area contributed by atoms with Crippen molar-refractivity contribution in [3.63, 3.8) is 0 Å². The number of carbonyl (C=O) groups is 1. The van der Waals surface area contributed by atoms with E-state index >= 15 is 0 Å². The summed E-state index contributed by atoms with van der Waals surface area (Å²) < 4.78 is 0. The molecule has 0 aliphatic rings. The van der Waals surface area contributed by atoms with Crippen LogP contribution in [-0.4, -0.2) is 16.2 Å². The first-order chi connectivity index (χ1) is 7.34. The van der Waals surface area contributed by atoms with E-state index in [1.54, 1.807) is 12.1 Å². The Morgan fingerprint density at radius 3 is 2.19 bits per heavy atom. The van der Waals surface area contributed by atoms with Crippen molar-refractivity contribution in [3.05, 3.63) is 35.4 Å². The highest BCUT2D eigenvalue weighted by atomic mass is 16.4. The lowest BCUT2D eigenvalue weighted by Gasteiger charge is -2.18. The summed E-state index contributed by atoms with van der Waals surface area (Å²) in [5, 5.41) is 18.6. The number of hydrogen-bond donors (Lipinski definition) is 2. The Kier molecular flexibility index (Phi) is 3.70. The Bertz CT molecular complexity index is 363. The smallest absolute Gasteiger partial charge is 0.340 e. The Balaban J connectivity index is 2.91. The van der Waals surface area contributed by atoms with Gasteiger partial charge in [-0.25, -0.2) is 4.79 Å². The van der Waals surface area contributed by atoms with Gasteiger partial charge in [-0.2, -0.15) is 0 Å². The van der Waals surface area contributed by atoms with Crippen LogP contribution < -0.4 is 0 Å². The summed E-state index contributed by atoms with van der Waals surface area (Å²) in [6.45, 7) is 5.54. The number of hydrogen-bond acceptors (Lipinski definition) is 2. The molecule has 0 bridgehead atoms. The molecule has 0 radical (unpaired) electrons. The molecular weight excluding hydrogens is 204 g/mol. The molecule has 0 saturated heterocycles. The molecule has 3 nitrogen and oxygen atoms in total. The summed E-state index contributed by atoms with van der Waals surface area (Å²) in [5.41, 5.74) is -0.247. The molecule has 3 heteroatoms. The molecular formula is C13H18O3. The van der Waals surface area contributed by atoms with Crippen molar-refractivity contribution in [1.82, 2.24) is 0 Å². The zero-order valence-electron chi connectivity index (χ0n) is 9.90. The van der Waals surface area contributed by atoms with E-state index in [2.05, 4.69) is 13.8 Å². The highest BCUT2D eigenvalue weighted by Gasteiger charge is 2.31. The topological polar surface area (TPSA) is 57.5 Å². The lowest BCUT2D eigenvalue weighted by atomic mass is 9.93. The number of rotatable bonds is 4. The number of carboxylic acid groups (broad SMARTS) is 1. The molecule has 0 amide bonds. The summed E-state index contributed by atoms with van der Waals surface area (Å²) in [7, 11) is 0. The van der Waals surface area contributed by atoms with Crippen LogP contribution in [0.5, 0.6) is 0 Å². The van der Waals surface area contributed by atoms with Gasteiger partial charge >= 0.3 is 5.97 Å². The highest BCUT2D eigenvalue weighted by Crippen LogP contribution is 2.21. The first kappa shape index (κ1) is 12.7. The molecule has 0 aliphatic carbocycles. The molecule has 0 spiro atoms. The Labute approximate surface area is 95.7 Å². The molecule has 1 aromatic carbocycles. The first-order valence-electron chi connectivity index (χ1n) is 5.39. The average Bonchev–Trinajstić information content (AvgIpc) is 2.17. The van der Waals surface area contributed by atoms with Crippen LogP contribution in [0.1, 0.15) is 31.9 Å². The maximum Gasteiger partial charge on any atom is 0.340 e. The van der Waals surface area contributed by atoms with Crippen molar-refractivity contribution < 1.29 is 15.0 Å². The van der Waals surface area contributed by atoms with Crippen LogP contribution in [0.25, 0.3) is 0 Å². The first-order valence-corrected chi connectivity index (χ1v) is 5.39. The van der Waals surface area contributed by atoms with Crippen LogP contribution in [-0.2, 0) is 16.8 Å². The van der Waals surface area contributed by atoms with Crippen LogP contribution in [0.15, 0.2) is 24.3 Å². The molecule has 1 atom stereocenters. The Morgan fingerprint density at radius 1 is 1.31 bits per heavy atom. The second kappa shape index (κ2) is 4.66. The fraction of sp³-hybridized carbons (Fsp3) is 0.462. The monoisotopic (exact) mass is 222 g/mol. The van der Waals surface area contributed by atoms with E-state index in [0.717, 1.165) is 12.0 Å². The molecule has 0 fully saturated rings. The lowest BCUT2D eigenvalue weighted by Crippen LogP contribution is -2.31. The van der Waals surface area contributed by atoms with Crippen molar-refractivity contribution in [2.24, 2.45) is 5.92 Å². The van der Waals surface area contributed by atoms with Gasteiger partial charge in [-0.3, -0.25) is 0 Å². The van der Waals surface area contributed by atoms with E-state index in [9.17, 15) is 9.90 Å². The number of aliphatic carboxylic acids is 1. The predicted molar refractivity (Wildman–Crippen MR) is 62.2 cm³/mol. The second-order valence-corrected chi connectivity index (χ2v) is 4.67. The predicted octanol–water partition coefficient (Wildman–Crippen LogP) is 2.18. The fourth-order valence-electron chi connectivity index (χ4n) is 1.56. The van der Waals surface area contributed by atoms with E-state index < -0.39 is 11.6 Å². The van der Waals surface area contributed by atoms with Gasteiger partial charge in [0.15, 0.2) is 5.60 Å². The maximum absolute atomic E-state index is 10.8. The van der Waals surface area contributed by atoms with E-state index in [-0.39, 0.29) is 0 Å². The minimum atomic E-state index is -1.81. The molecule has 0 aromatic heterocycles. The third-order valence-electron chi connectivity index (χ3n) is 2.58. The normalized spacial score (nSPS) is 14.8.